The topological polar surface area (TPSA) is 22.2 Å². The fraction of sp³-hybridized carbons (Fsp3) is 0. The average molecular weight is 540 g/mol. The first kappa shape index (κ1) is 21.6. The molecule has 0 saturated heterocycles. The minimum atomic E-state index is 1.01. The summed E-state index contributed by atoms with van der Waals surface area (Å²) < 4.78 is 7.41. The van der Waals surface area contributed by atoms with E-state index in [2.05, 4.69) is 136 Å². The van der Waals surface area contributed by atoms with Crippen LogP contribution >= 0.6 is 11.3 Å². The highest BCUT2D eigenvalue weighted by Gasteiger charge is 2.21. The van der Waals surface area contributed by atoms with Crippen molar-refractivity contribution in [3.05, 3.63) is 127 Å². The zero-order valence-corrected chi connectivity index (χ0v) is 22.7. The number of hydrogen-bond acceptors (Lipinski definition) is 2. The number of fused-ring (bicyclic) bond motifs is 15. The Labute approximate surface area is 238 Å². The van der Waals surface area contributed by atoms with Crippen molar-refractivity contribution in [1.29, 1.82) is 0 Å². The molecule has 0 radical (unpaired) electrons. The van der Waals surface area contributed by atoms with E-state index in [0.717, 1.165) is 22.4 Å². The average Bonchev–Trinajstić information content (AvgIpc) is 3.70. The Hall–Kier alpha value is -5.19. The van der Waals surface area contributed by atoms with Crippen molar-refractivity contribution in [2.45, 2.75) is 0 Å². The third-order valence-corrected chi connectivity index (χ3v) is 9.80. The van der Waals surface area contributed by atoms with E-state index in [4.69, 9.17) is 4.98 Å². The van der Waals surface area contributed by atoms with Gasteiger partial charge in [-0.2, -0.15) is 0 Å². The number of para-hydroxylation sites is 4. The van der Waals surface area contributed by atoms with E-state index in [9.17, 15) is 0 Å². The maximum absolute atomic E-state index is 5.23. The predicted octanol–water partition coefficient (Wildman–Crippen LogP) is 10.3. The van der Waals surface area contributed by atoms with Gasteiger partial charge in [0.2, 0.25) is 0 Å². The highest BCUT2D eigenvalue weighted by Crippen LogP contribution is 2.45. The van der Waals surface area contributed by atoms with Crippen LogP contribution < -0.4 is 0 Å². The van der Waals surface area contributed by atoms with Gasteiger partial charge in [0.15, 0.2) is 0 Å². The number of hydrogen-bond donors (Lipinski definition) is 0. The van der Waals surface area contributed by atoms with Crippen LogP contribution in [0, 0.1) is 0 Å². The minimum Gasteiger partial charge on any atom is -0.309 e. The molecule has 4 heteroatoms. The lowest BCUT2D eigenvalue weighted by molar-refractivity contribution is 1.18. The van der Waals surface area contributed by atoms with Gasteiger partial charge in [0.05, 0.1) is 27.6 Å². The van der Waals surface area contributed by atoms with Crippen LogP contribution in [0.3, 0.4) is 0 Å². The van der Waals surface area contributed by atoms with Gasteiger partial charge in [0.25, 0.3) is 0 Å². The molecule has 0 saturated carbocycles. The Bertz CT molecular complexity index is 2690. The summed E-state index contributed by atoms with van der Waals surface area (Å²) in [4.78, 5) is 5.23. The second-order valence-electron chi connectivity index (χ2n) is 10.8. The van der Waals surface area contributed by atoms with Crippen molar-refractivity contribution in [2.75, 3.05) is 0 Å². The summed E-state index contributed by atoms with van der Waals surface area (Å²) in [5, 5.41) is 8.90. The Balaban J connectivity index is 1.54. The molecule has 41 heavy (non-hydrogen) atoms. The normalized spacial score (nSPS) is 12.4. The van der Waals surface area contributed by atoms with Gasteiger partial charge in [-0.3, -0.25) is 4.40 Å². The lowest BCUT2D eigenvalue weighted by atomic mass is 9.98. The number of pyridine rings is 1. The van der Waals surface area contributed by atoms with Crippen molar-refractivity contribution in [3.8, 4) is 5.69 Å². The largest absolute Gasteiger partial charge is 0.309 e. The molecule has 4 heterocycles. The second-order valence-corrected chi connectivity index (χ2v) is 11.9. The second kappa shape index (κ2) is 7.72. The van der Waals surface area contributed by atoms with Crippen LogP contribution in [0.5, 0.6) is 0 Å². The Kier molecular flexibility index (Phi) is 4.07. The molecule has 0 aliphatic carbocycles. The molecule has 0 bridgehead atoms. The van der Waals surface area contributed by atoms with E-state index in [1.165, 1.54) is 63.7 Å². The summed E-state index contributed by atoms with van der Waals surface area (Å²) in [5.41, 5.74) is 7.91. The minimum absolute atomic E-state index is 1.01. The van der Waals surface area contributed by atoms with Crippen molar-refractivity contribution >= 4 is 91.7 Å². The quantitative estimate of drug-likeness (QED) is 0.190. The summed E-state index contributed by atoms with van der Waals surface area (Å²) in [7, 11) is 0. The van der Waals surface area contributed by atoms with Gasteiger partial charge in [-0.1, -0.05) is 66.7 Å². The van der Waals surface area contributed by atoms with Gasteiger partial charge in [-0.15, -0.1) is 11.3 Å². The van der Waals surface area contributed by atoms with Crippen LogP contribution in [0.15, 0.2) is 127 Å². The van der Waals surface area contributed by atoms with Crippen LogP contribution in [0.25, 0.3) is 86.0 Å². The molecule has 10 rings (SSSR count). The Morgan fingerprint density at radius 3 is 2.12 bits per heavy atom. The van der Waals surface area contributed by atoms with Crippen LogP contribution in [0.4, 0.5) is 0 Å². The molecule has 6 aromatic carbocycles. The summed E-state index contributed by atoms with van der Waals surface area (Å²) in [6, 6.07) is 46.2. The fourth-order valence-electron chi connectivity index (χ4n) is 6.98. The molecule has 190 valence electrons. The maximum atomic E-state index is 5.23. The molecule has 0 atom stereocenters. The van der Waals surface area contributed by atoms with E-state index in [-0.39, 0.29) is 0 Å². The van der Waals surface area contributed by atoms with Gasteiger partial charge >= 0.3 is 0 Å². The van der Waals surface area contributed by atoms with Crippen LogP contribution in [0.2, 0.25) is 0 Å². The van der Waals surface area contributed by atoms with Gasteiger partial charge in [0, 0.05) is 52.8 Å². The standard InChI is InChI=1S/C37H21N3S/c1-2-10-22(11-3-1)39-29-15-7-4-12-23(29)26-20-27-32(21-31(26)39)40-30-16-8-6-14-28(30)38-37(40)25-18-19-34-36(35(25)27)24-13-5-9-17-33(24)41-34/h1-21H. The Morgan fingerprint density at radius 1 is 0.463 bits per heavy atom. The first-order valence-electron chi connectivity index (χ1n) is 13.9. The first-order valence-corrected chi connectivity index (χ1v) is 14.7. The molecule has 10 aromatic rings. The van der Waals surface area contributed by atoms with Gasteiger partial charge in [-0.25, -0.2) is 4.98 Å². The molecule has 0 aliphatic heterocycles. The van der Waals surface area contributed by atoms with Gasteiger partial charge in [0.1, 0.15) is 5.65 Å². The van der Waals surface area contributed by atoms with Crippen LogP contribution in [-0.2, 0) is 0 Å². The van der Waals surface area contributed by atoms with Crippen molar-refractivity contribution in [3.63, 3.8) is 0 Å². The predicted molar refractivity (Wildman–Crippen MR) is 175 cm³/mol. The van der Waals surface area contributed by atoms with Crippen LogP contribution in [0.1, 0.15) is 0 Å². The molecule has 0 fully saturated rings. The molecule has 3 nitrogen and oxygen atoms in total. The van der Waals surface area contributed by atoms with Crippen molar-refractivity contribution in [1.82, 2.24) is 14.0 Å². The molecular formula is C37H21N3S. The third-order valence-electron chi connectivity index (χ3n) is 8.66. The SMILES string of the molecule is c1ccc(-n2c3ccccc3c3cc4c5c(ccc6sc7ccccc7c65)c5nc6ccccc6n5c4cc32)cc1. The van der Waals surface area contributed by atoms with E-state index in [1.807, 2.05) is 11.3 Å². The summed E-state index contributed by atoms with van der Waals surface area (Å²) in [6.07, 6.45) is 0. The molecule has 0 N–H and O–H groups in total. The van der Waals surface area contributed by atoms with E-state index in [1.54, 1.807) is 0 Å². The number of benzene rings is 6. The monoisotopic (exact) mass is 539 g/mol. The molecule has 0 amide bonds. The van der Waals surface area contributed by atoms with E-state index in [0.29, 0.717) is 0 Å². The number of nitrogens with zero attached hydrogens (tertiary/aromatic N) is 3. The van der Waals surface area contributed by atoms with E-state index < -0.39 is 0 Å². The van der Waals surface area contributed by atoms with Gasteiger partial charge < -0.3 is 4.57 Å². The van der Waals surface area contributed by atoms with Crippen molar-refractivity contribution in [2.24, 2.45) is 0 Å². The zero-order chi connectivity index (χ0) is 26.7. The zero-order valence-electron chi connectivity index (χ0n) is 21.9. The fourth-order valence-corrected chi connectivity index (χ4v) is 8.09. The molecular weight excluding hydrogens is 518 g/mol. The third kappa shape index (κ3) is 2.75. The molecule has 0 unspecified atom stereocenters. The number of aromatic nitrogens is 3. The van der Waals surface area contributed by atoms with Crippen LogP contribution in [-0.4, -0.2) is 14.0 Å². The smallest absolute Gasteiger partial charge is 0.146 e. The lowest BCUT2D eigenvalue weighted by Gasteiger charge is -2.13. The first-order chi connectivity index (χ1) is 20.3. The number of thiophene rings is 1. The maximum Gasteiger partial charge on any atom is 0.146 e. The summed E-state index contributed by atoms with van der Waals surface area (Å²) in [5.74, 6) is 0. The Morgan fingerprint density at radius 2 is 1.22 bits per heavy atom. The molecule has 4 aromatic heterocycles. The molecule has 0 aliphatic rings. The van der Waals surface area contributed by atoms with Crippen molar-refractivity contribution < 1.29 is 0 Å². The van der Waals surface area contributed by atoms with Gasteiger partial charge in [-0.05, 0) is 60.7 Å². The highest BCUT2D eigenvalue weighted by atomic mass is 32.1. The summed E-state index contributed by atoms with van der Waals surface area (Å²) >= 11 is 1.87. The molecule has 0 spiro atoms. The number of rotatable bonds is 1. The highest BCUT2D eigenvalue weighted by molar-refractivity contribution is 7.26. The van der Waals surface area contributed by atoms with E-state index >= 15 is 0 Å². The number of imidazole rings is 1. The summed E-state index contributed by atoms with van der Waals surface area (Å²) in [6.45, 7) is 0. The lowest BCUT2D eigenvalue weighted by Crippen LogP contribution is -1.95.